The van der Waals surface area contributed by atoms with Gasteiger partial charge in [0.05, 0.1) is 10.9 Å². The lowest BCUT2D eigenvalue weighted by Crippen LogP contribution is -2.18. The Morgan fingerprint density at radius 3 is 2.85 bits per heavy atom. The smallest absolute Gasteiger partial charge is 0.379 e. The molecule has 1 aromatic carbocycles. The molecule has 0 fully saturated rings. The van der Waals surface area contributed by atoms with Gasteiger partial charge in [0.25, 0.3) is 17.2 Å². The summed E-state index contributed by atoms with van der Waals surface area (Å²) in [5, 5.41) is 4.57. The summed E-state index contributed by atoms with van der Waals surface area (Å²) in [4.78, 5) is 39.6. The molecule has 1 atom stereocenters. The minimum Gasteiger partial charge on any atom is -0.449 e. The number of para-hydroxylation sites is 1. The molecule has 130 valence electrons. The summed E-state index contributed by atoms with van der Waals surface area (Å²) in [6.45, 7) is 3.44. The fraction of sp³-hybridized carbons (Fsp3) is 0.176. The number of esters is 1. The summed E-state index contributed by atoms with van der Waals surface area (Å²) in [6, 6.07) is 8.69. The summed E-state index contributed by atoms with van der Waals surface area (Å²) >= 11 is 0. The second kappa shape index (κ2) is 6.03. The average molecular weight is 350 g/mol. The van der Waals surface area contributed by atoms with Crippen LogP contribution in [0, 0.1) is 6.92 Å². The monoisotopic (exact) mass is 350 g/mol. The molecule has 3 heterocycles. The van der Waals surface area contributed by atoms with Gasteiger partial charge < -0.3 is 9.72 Å². The number of hydrogen-bond donors (Lipinski definition) is 1. The van der Waals surface area contributed by atoms with Crippen LogP contribution >= 0.6 is 0 Å². The lowest BCUT2D eigenvalue weighted by molar-refractivity contribution is 0.0305. The van der Waals surface area contributed by atoms with Crippen LogP contribution in [0.15, 0.2) is 41.3 Å². The molecular weight excluding hydrogens is 336 g/mol. The molecule has 0 amide bonds. The van der Waals surface area contributed by atoms with E-state index in [1.165, 1.54) is 4.52 Å². The van der Waals surface area contributed by atoms with Crippen molar-refractivity contribution in [3.63, 3.8) is 0 Å². The Balaban J connectivity index is 1.62. The van der Waals surface area contributed by atoms with Gasteiger partial charge in [-0.05, 0) is 32.0 Å². The third kappa shape index (κ3) is 2.69. The molecule has 0 saturated carbocycles. The van der Waals surface area contributed by atoms with Crippen molar-refractivity contribution in [2.75, 3.05) is 0 Å². The minimum absolute atomic E-state index is 0.109. The molecule has 0 aliphatic rings. The van der Waals surface area contributed by atoms with Gasteiger partial charge in [-0.3, -0.25) is 4.79 Å². The van der Waals surface area contributed by atoms with E-state index >= 15 is 0 Å². The quantitative estimate of drug-likeness (QED) is 0.558. The zero-order chi connectivity index (χ0) is 18.3. The number of nitrogens with one attached hydrogen (secondary N) is 1. The zero-order valence-electron chi connectivity index (χ0n) is 14.0. The van der Waals surface area contributed by atoms with E-state index in [1.54, 1.807) is 43.5 Å². The first kappa shape index (κ1) is 15.9. The van der Waals surface area contributed by atoms with E-state index < -0.39 is 12.1 Å². The average Bonchev–Trinajstić information content (AvgIpc) is 3.07. The van der Waals surface area contributed by atoms with Crippen LogP contribution in [0.4, 0.5) is 0 Å². The van der Waals surface area contributed by atoms with Gasteiger partial charge in [0.15, 0.2) is 11.9 Å². The van der Waals surface area contributed by atoms with Gasteiger partial charge in [-0.15, -0.1) is 5.10 Å². The predicted molar refractivity (Wildman–Crippen MR) is 91.7 cm³/mol. The normalized spacial score (nSPS) is 12.4. The number of fused-ring (bicyclic) bond motifs is 2. The molecule has 3 aromatic heterocycles. The number of carbonyl (C=O) groups is 1. The molecule has 0 aliphatic heterocycles. The molecule has 0 aliphatic carbocycles. The molecule has 0 bridgehead atoms. The number of aryl methyl sites for hydroxylation is 1. The van der Waals surface area contributed by atoms with Crippen LogP contribution < -0.4 is 5.56 Å². The Hall–Kier alpha value is -3.62. The Morgan fingerprint density at radius 2 is 2.04 bits per heavy atom. The topological polar surface area (TPSA) is 115 Å². The molecular formula is C17H14N6O3. The van der Waals surface area contributed by atoms with E-state index in [0.29, 0.717) is 16.7 Å². The van der Waals surface area contributed by atoms with Crippen molar-refractivity contribution in [2.24, 2.45) is 0 Å². The van der Waals surface area contributed by atoms with E-state index in [2.05, 4.69) is 25.0 Å². The number of rotatable bonds is 3. The second-order valence-corrected chi connectivity index (χ2v) is 5.75. The molecule has 0 radical (unpaired) electrons. The SMILES string of the molecule is Cc1ccnc2nc(C(=O)O[C@@H](C)c3nc4ccccc4c(=O)[nH]3)nn12. The lowest BCUT2D eigenvalue weighted by Gasteiger charge is -2.11. The standard InChI is InChI=1S/C17H14N6O3/c1-9-7-8-18-17-21-14(22-23(9)17)16(25)26-10(2)13-19-12-6-4-3-5-11(12)15(24)20-13/h3-8,10H,1-2H3,(H,19,20,24)/t10-/m0/s1. The number of benzene rings is 1. The summed E-state index contributed by atoms with van der Waals surface area (Å²) in [5.74, 6) is -0.276. The number of nitrogens with zero attached hydrogens (tertiary/aromatic N) is 5. The van der Waals surface area contributed by atoms with Crippen LogP contribution in [0.2, 0.25) is 0 Å². The highest BCUT2D eigenvalue weighted by molar-refractivity contribution is 5.85. The van der Waals surface area contributed by atoms with E-state index in [9.17, 15) is 9.59 Å². The molecule has 26 heavy (non-hydrogen) atoms. The number of carbonyl (C=O) groups excluding carboxylic acids is 1. The van der Waals surface area contributed by atoms with Crippen molar-refractivity contribution in [1.82, 2.24) is 29.5 Å². The predicted octanol–water partition coefficient (Wildman–Crippen LogP) is 1.59. The van der Waals surface area contributed by atoms with Crippen molar-refractivity contribution in [3.05, 3.63) is 64.2 Å². The molecule has 0 spiro atoms. The minimum atomic E-state index is -0.777. The summed E-state index contributed by atoms with van der Waals surface area (Å²) in [6.07, 6.45) is 0.807. The number of H-pyrrole nitrogens is 1. The maximum atomic E-state index is 12.3. The molecule has 9 nitrogen and oxygen atoms in total. The summed E-state index contributed by atoms with van der Waals surface area (Å²) < 4.78 is 6.81. The Labute approximate surface area is 146 Å². The van der Waals surface area contributed by atoms with Gasteiger partial charge in [-0.1, -0.05) is 12.1 Å². The van der Waals surface area contributed by atoms with Crippen LogP contribution in [0.25, 0.3) is 16.7 Å². The van der Waals surface area contributed by atoms with Crippen LogP contribution in [0.3, 0.4) is 0 Å². The zero-order valence-corrected chi connectivity index (χ0v) is 14.0. The Kier molecular flexibility index (Phi) is 3.68. The van der Waals surface area contributed by atoms with Crippen molar-refractivity contribution < 1.29 is 9.53 Å². The number of ether oxygens (including phenoxy) is 1. The number of aromatic amines is 1. The Morgan fingerprint density at radius 1 is 1.23 bits per heavy atom. The van der Waals surface area contributed by atoms with Gasteiger partial charge in [-0.25, -0.2) is 19.3 Å². The van der Waals surface area contributed by atoms with E-state index in [-0.39, 0.29) is 17.2 Å². The highest BCUT2D eigenvalue weighted by Gasteiger charge is 2.21. The lowest BCUT2D eigenvalue weighted by atomic mass is 10.2. The van der Waals surface area contributed by atoms with Crippen molar-refractivity contribution >= 4 is 22.6 Å². The molecule has 0 unspecified atom stereocenters. The van der Waals surface area contributed by atoms with Gasteiger partial charge in [0, 0.05) is 11.9 Å². The van der Waals surface area contributed by atoms with Crippen LogP contribution in [0.5, 0.6) is 0 Å². The van der Waals surface area contributed by atoms with E-state index in [1.807, 2.05) is 6.92 Å². The summed E-state index contributed by atoms with van der Waals surface area (Å²) in [5.41, 5.74) is 1.02. The van der Waals surface area contributed by atoms with Gasteiger partial charge in [0.2, 0.25) is 0 Å². The van der Waals surface area contributed by atoms with Crippen molar-refractivity contribution in [2.45, 2.75) is 20.0 Å². The molecule has 1 N–H and O–H groups in total. The fourth-order valence-corrected chi connectivity index (χ4v) is 2.56. The molecule has 4 rings (SSSR count). The number of hydrogen-bond acceptors (Lipinski definition) is 7. The third-order valence-electron chi connectivity index (χ3n) is 3.91. The highest BCUT2D eigenvalue weighted by atomic mass is 16.5. The highest BCUT2D eigenvalue weighted by Crippen LogP contribution is 2.16. The first-order valence-corrected chi connectivity index (χ1v) is 7.91. The first-order chi connectivity index (χ1) is 12.5. The Bertz CT molecular complexity index is 1200. The maximum absolute atomic E-state index is 12.3. The van der Waals surface area contributed by atoms with Gasteiger partial charge >= 0.3 is 5.97 Å². The molecule has 4 aromatic rings. The number of aromatic nitrogens is 6. The largest absolute Gasteiger partial charge is 0.449 e. The molecule has 9 heteroatoms. The van der Waals surface area contributed by atoms with Crippen LogP contribution in [0.1, 0.15) is 35.2 Å². The van der Waals surface area contributed by atoms with E-state index in [4.69, 9.17) is 4.74 Å². The van der Waals surface area contributed by atoms with Crippen LogP contribution in [-0.2, 0) is 4.74 Å². The first-order valence-electron chi connectivity index (χ1n) is 7.91. The maximum Gasteiger partial charge on any atom is 0.379 e. The van der Waals surface area contributed by atoms with Crippen LogP contribution in [-0.4, -0.2) is 35.5 Å². The second-order valence-electron chi connectivity index (χ2n) is 5.75. The fourth-order valence-electron chi connectivity index (χ4n) is 2.56. The molecule has 0 saturated heterocycles. The van der Waals surface area contributed by atoms with Gasteiger partial charge in [0.1, 0.15) is 0 Å². The van der Waals surface area contributed by atoms with Crippen molar-refractivity contribution in [1.29, 1.82) is 0 Å². The third-order valence-corrected chi connectivity index (χ3v) is 3.91. The van der Waals surface area contributed by atoms with E-state index in [0.717, 1.165) is 5.69 Å². The van der Waals surface area contributed by atoms with Gasteiger partial charge in [-0.2, -0.15) is 4.98 Å². The van der Waals surface area contributed by atoms with Crippen molar-refractivity contribution in [3.8, 4) is 0 Å². The summed E-state index contributed by atoms with van der Waals surface area (Å²) in [7, 11) is 0.